The minimum atomic E-state index is 0.259. The van der Waals surface area contributed by atoms with Crippen molar-refractivity contribution in [2.24, 2.45) is 0 Å². The summed E-state index contributed by atoms with van der Waals surface area (Å²) < 4.78 is 0. The minimum absolute atomic E-state index is 0.259. The topological polar surface area (TPSA) is 49.8 Å². The lowest BCUT2D eigenvalue weighted by Gasteiger charge is -2.19. The van der Waals surface area contributed by atoms with Gasteiger partial charge in [-0.05, 0) is 69.6 Å². The van der Waals surface area contributed by atoms with Crippen LogP contribution in [0.4, 0.5) is 5.69 Å². The Kier molecular flexibility index (Phi) is 6.42. The van der Waals surface area contributed by atoms with E-state index in [4.69, 9.17) is 5.73 Å². The Bertz CT molecular complexity index is 1450. The Balaban J connectivity index is 1.54. The maximum Gasteiger partial charge on any atom is 0.0991 e. The van der Waals surface area contributed by atoms with Crippen LogP contribution in [-0.2, 0) is 6.42 Å². The first kappa shape index (κ1) is 22.2. The molecule has 5 aromatic carbocycles. The summed E-state index contributed by atoms with van der Waals surface area (Å²) in [6.07, 6.45) is 0.935. The van der Waals surface area contributed by atoms with Gasteiger partial charge in [-0.2, -0.15) is 5.26 Å². The van der Waals surface area contributed by atoms with Crippen LogP contribution >= 0.6 is 0 Å². The fraction of sp³-hybridized carbons (Fsp3) is 0.0606. The number of anilines is 1. The third-order valence-corrected chi connectivity index (χ3v) is 6.48. The summed E-state index contributed by atoms with van der Waals surface area (Å²) in [6, 6.07) is 46.1. The number of rotatable bonds is 6. The molecule has 5 rings (SSSR count). The van der Waals surface area contributed by atoms with Crippen molar-refractivity contribution in [2.75, 3.05) is 5.73 Å². The average molecular weight is 451 g/mol. The molecule has 2 nitrogen and oxygen atoms in total. The average Bonchev–Trinajstić information content (AvgIpc) is 2.93. The number of benzene rings is 5. The Morgan fingerprint density at radius 1 is 0.600 bits per heavy atom. The lowest BCUT2D eigenvalue weighted by Crippen LogP contribution is -2.05. The SMILES string of the molecule is N#Cc1ccc(-c2ccc(N)cc2)c(-c2ccc(C(Cc3ccccc3)c3ccccc3)cc2)c1. The van der Waals surface area contributed by atoms with Gasteiger partial charge in [0.2, 0.25) is 0 Å². The van der Waals surface area contributed by atoms with Crippen LogP contribution in [-0.4, -0.2) is 0 Å². The van der Waals surface area contributed by atoms with E-state index in [-0.39, 0.29) is 5.92 Å². The van der Waals surface area contributed by atoms with Gasteiger partial charge >= 0.3 is 0 Å². The number of nitrogen functional groups attached to an aromatic ring is 1. The number of nitrogens with zero attached hydrogens (tertiary/aromatic N) is 1. The van der Waals surface area contributed by atoms with Gasteiger partial charge in [-0.15, -0.1) is 0 Å². The van der Waals surface area contributed by atoms with Gasteiger partial charge in [0.1, 0.15) is 0 Å². The van der Waals surface area contributed by atoms with Gasteiger partial charge in [0.15, 0.2) is 0 Å². The van der Waals surface area contributed by atoms with Crippen molar-refractivity contribution >= 4 is 5.69 Å². The molecule has 168 valence electrons. The molecule has 1 unspecified atom stereocenters. The highest BCUT2D eigenvalue weighted by Crippen LogP contribution is 2.35. The van der Waals surface area contributed by atoms with Crippen molar-refractivity contribution in [1.82, 2.24) is 0 Å². The van der Waals surface area contributed by atoms with Gasteiger partial charge in [0.25, 0.3) is 0 Å². The van der Waals surface area contributed by atoms with Gasteiger partial charge < -0.3 is 5.73 Å². The number of nitrogens with two attached hydrogens (primary N) is 1. The largest absolute Gasteiger partial charge is 0.399 e. The molecule has 0 aromatic heterocycles. The molecule has 0 fully saturated rings. The molecule has 0 saturated heterocycles. The maximum absolute atomic E-state index is 9.52. The van der Waals surface area contributed by atoms with Crippen LogP contribution in [0.15, 0.2) is 127 Å². The monoisotopic (exact) mass is 450 g/mol. The van der Waals surface area contributed by atoms with Crippen LogP contribution in [0.3, 0.4) is 0 Å². The lowest BCUT2D eigenvalue weighted by atomic mass is 9.85. The van der Waals surface area contributed by atoms with Crippen LogP contribution in [0.5, 0.6) is 0 Å². The van der Waals surface area contributed by atoms with Gasteiger partial charge in [0, 0.05) is 11.6 Å². The maximum atomic E-state index is 9.52. The van der Waals surface area contributed by atoms with E-state index in [1.165, 1.54) is 16.7 Å². The lowest BCUT2D eigenvalue weighted by molar-refractivity contribution is 0.805. The number of hydrogen-bond acceptors (Lipinski definition) is 2. The molecule has 1 atom stereocenters. The van der Waals surface area contributed by atoms with E-state index in [1.54, 1.807) is 0 Å². The summed E-state index contributed by atoms with van der Waals surface area (Å²) in [5.41, 5.74) is 15.5. The second-order valence-corrected chi connectivity index (χ2v) is 8.77. The fourth-order valence-corrected chi connectivity index (χ4v) is 4.63. The van der Waals surface area contributed by atoms with Crippen molar-refractivity contribution < 1.29 is 0 Å². The summed E-state index contributed by atoms with van der Waals surface area (Å²) in [5, 5.41) is 9.52. The summed E-state index contributed by atoms with van der Waals surface area (Å²) in [4.78, 5) is 0. The van der Waals surface area contributed by atoms with Crippen LogP contribution in [0, 0.1) is 11.3 Å². The summed E-state index contributed by atoms with van der Waals surface area (Å²) >= 11 is 0. The van der Waals surface area contributed by atoms with Crippen LogP contribution in [0.25, 0.3) is 22.3 Å². The first-order chi connectivity index (χ1) is 17.2. The molecule has 0 aliphatic heterocycles. The molecule has 0 aliphatic rings. The van der Waals surface area contributed by atoms with Gasteiger partial charge in [-0.1, -0.05) is 103 Å². The highest BCUT2D eigenvalue weighted by molar-refractivity contribution is 5.85. The third kappa shape index (κ3) is 5.00. The molecule has 0 saturated carbocycles. The third-order valence-electron chi connectivity index (χ3n) is 6.48. The molecule has 2 heteroatoms. The highest BCUT2D eigenvalue weighted by atomic mass is 14.5. The van der Waals surface area contributed by atoms with Crippen LogP contribution in [0.1, 0.15) is 28.2 Å². The predicted octanol–water partition coefficient (Wildman–Crippen LogP) is 7.85. The smallest absolute Gasteiger partial charge is 0.0991 e. The highest BCUT2D eigenvalue weighted by Gasteiger charge is 2.16. The number of nitriles is 1. The second kappa shape index (κ2) is 10.1. The van der Waals surface area contributed by atoms with E-state index in [0.29, 0.717) is 5.56 Å². The molecule has 0 spiro atoms. The molecule has 0 heterocycles. The quantitative estimate of drug-likeness (QED) is 0.268. The summed E-state index contributed by atoms with van der Waals surface area (Å²) in [5.74, 6) is 0.259. The first-order valence-corrected chi connectivity index (χ1v) is 11.8. The Morgan fingerprint density at radius 3 is 1.83 bits per heavy atom. The van der Waals surface area contributed by atoms with E-state index in [1.807, 2.05) is 42.5 Å². The number of hydrogen-bond donors (Lipinski definition) is 1. The second-order valence-electron chi connectivity index (χ2n) is 8.77. The van der Waals surface area contributed by atoms with E-state index in [0.717, 1.165) is 34.4 Å². The molecule has 2 N–H and O–H groups in total. The molecule has 0 aliphatic carbocycles. The van der Waals surface area contributed by atoms with Crippen molar-refractivity contribution in [3.8, 4) is 28.3 Å². The standard InChI is InChI=1S/C33H26N2/c34-23-25-11-20-31(27-16-18-30(35)19-17-27)33(22-25)29-14-12-28(13-15-29)32(26-9-5-2-6-10-26)21-24-7-3-1-4-8-24/h1-20,22,32H,21,35H2. The zero-order valence-electron chi connectivity index (χ0n) is 19.4. The summed E-state index contributed by atoms with van der Waals surface area (Å²) in [6.45, 7) is 0. The normalized spacial score (nSPS) is 11.5. The zero-order chi connectivity index (χ0) is 24.0. The predicted molar refractivity (Wildman–Crippen MR) is 145 cm³/mol. The Hall–Kier alpha value is -4.61. The Morgan fingerprint density at radius 2 is 1.17 bits per heavy atom. The van der Waals surface area contributed by atoms with E-state index >= 15 is 0 Å². The summed E-state index contributed by atoms with van der Waals surface area (Å²) in [7, 11) is 0. The first-order valence-electron chi connectivity index (χ1n) is 11.8. The van der Waals surface area contributed by atoms with Gasteiger partial charge in [0.05, 0.1) is 11.6 Å². The Labute approximate surface area is 206 Å². The molecule has 0 bridgehead atoms. The van der Waals surface area contributed by atoms with Crippen molar-refractivity contribution in [3.63, 3.8) is 0 Å². The fourth-order valence-electron chi connectivity index (χ4n) is 4.63. The minimum Gasteiger partial charge on any atom is -0.399 e. The van der Waals surface area contributed by atoms with E-state index in [2.05, 4.69) is 91.0 Å². The van der Waals surface area contributed by atoms with Crippen molar-refractivity contribution in [2.45, 2.75) is 12.3 Å². The van der Waals surface area contributed by atoms with Crippen LogP contribution < -0.4 is 5.73 Å². The molecular weight excluding hydrogens is 424 g/mol. The molecule has 35 heavy (non-hydrogen) atoms. The van der Waals surface area contributed by atoms with Gasteiger partial charge in [-0.3, -0.25) is 0 Å². The van der Waals surface area contributed by atoms with Gasteiger partial charge in [-0.25, -0.2) is 0 Å². The molecular formula is C33H26N2. The molecule has 0 amide bonds. The molecule has 5 aromatic rings. The van der Waals surface area contributed by atoms with Crippen molar-refractivity contribution in [3.05, 3.63) is 150 Å². The van der Waals surface area contributed by atoms with E-state index in [9.17, 15) is 5.26 Å². The van der Waals surface area contributed by atoms with Crippen molar-refractivity contribution in [1.29, 1.82) is 5.26 Å². The van der Waals surface area contributed by atoms with Crippen LogP contribution in [0.2, 0.25) is 0 Å². The van der Waals surface area contributed by atoms with E-state index < -0.39 is 0 Å². The zero-order valence-corrected chi connectivity index (χ0v) is 19.4. The molecule has 0 radical (unpaired) electrons.